The fourth-order valence-corrected chi connectivity index (χ4v) is 2.00. The van der Waals surface area contributed by atoms with Crippen molar-refractivity contribution in [2.45, 2.75) is 32.2 Å². The van der Waals surface area contributed by atoms with Crippen LogP contribution in [0.1, 0.15) is 37.8 Å². The largest absolute Gasteiger partial charge is 0.374 e. The van der Waals surface area contributed by atoms with Crippen LogP contribution in [-0.2, 0) is 0 Å². The van der Waals surface area contributed by atoms with Crippen LogP contribution in [0.15, 0.2) is 24.3 Å². The van der Waals surface area contributed by atoms with Crippen molar-refractivity contribution in [3.63, 3.8) is 0 Å². The van der Waals surface area contributed by atoms with Gasteiger partial charge in [-0.25, -0.2) is 0 Å². The lowest BCUT2D eigenvalue weighted by Gasteiger charge is -2.20. The topological polar surface area (TPSA) is 29.3 Å². The highest BCUT2D eigenvalue weighted by atomic mass is 15.1. The van der Waals surface area contributed by atoms with Gasteiger partial charge in [0.15, 0.2) is 0 Å². The summed E-state index contributed by atoms with van der Waals surface area (Å²) < 4.78 is 0. The molecule has 1 saturated carbocycles. The summed E-state index contributed by atoms with van der Waals surface area (Å²) in [7, 11) is 2.17. The molecule has 0 radical (unpaired) electrons. The highest BCUT2D eigenvalue weighted by Gasteiger charge is 2.22. The van der Waals surface area contributed by atoms with Crippen molar-refractivity contribution >= 4 is 5.69 Å². The minimum atomic E-state index is 0.183. The Hall–Kier alpha value is -1.02. The number of rotatable bonds is 5. The van der Waals surface area contributed by atoms with E-state index < -0.39 is 0 Å². The maximum absolute atomic E-state index is 6.00. The molecule has 0 spiro atoms. The summed E-state index contributed by atoms with van der Waals surface area (Å²) >= 11 is 0. The molecule has 0 aromatic heterocycles. The fourth-order valence-electron chi connectivity index (χ4n) is 2.00. The second kappa shape index (κ2) is 4.88. The van der Waals surface area contributed by atoms with Gasteiger partial charge in [0.25, 0.3) is 0 Å². The molecule has 1 fully saturated rings. The van der Waals surface area contributed by atoms with E-state index in [2.05, 4.69) is 43.1 Å². The lowest BCUT2D eigenvalue weighted by molar-refractivity contribution is 0.698. The summed E-state index contributed by atoms with van der Waals surface area (Å²) in [5, 5.41) is 0. The molecular weight excluding hydrogens is 196 g/mol. The van der Waals surface area contributed by atoms with E-state index in [9.17, 15) is 0 Å². The van der Waals surface area contributed by atoms with Crippen LogP contribution >= 0.6 is 0 Å². The molecule has 0 amide bonds. The Morgan fingerprint density at radius 1 is 1.31 bits per heavy atom. The molecule has 16 heavy (non-hydrogen) atoms. The van der Waals surface area contributed by atoms with Gasteiger partial charge in [-0.15, -0.1) is 0 Å². The minimum absolute atomic E-state index is 0.183. The van der Waals surface area contributed by atoms with Crippen LogP contribution < -0.4 is 10.6 Å². The van der Waals surface area contributed by atoms with Crippen LogP contribution in [0.25, 0.3) is 0 Å². The van der Waals surface area contributed by atoms with Crippen molar-refractivity contribution < 1.29 is 0 Å². The van der Waals surface area contributed by atoms with Gasteiger partial charge in [0, 0.05) is 25.3 Å². The predicted octanol–water partition coefficient (Wildman–Crippen LogP) is 2.94. The van der Waals surface area contributed by atoms with Crippen LogP contribution in [0.4, 0.5) is 5.69 Å². The second-order valence-corrected chi connectivity index (χ2v) is 4.93. The first-order valence-corrected chi connectivity index (χ1v) is 6.27. The second-order valence-electron chi connectivity index (χ2n) is 4.93. The number of benzene rings is 1. The molecule has 1 atom stereocenters. The van der Waals surface area contributed by atoms with Gasteiger partial charge in [0.2, 0.25) is 0 Å². The average Bonchev–Trinajstić information content (AvgIpc) is 3.12. The maximum Gasteiger partial charge on any atom is 0.0363 e. The molecule has 1 aromatic rings. The Labute approximate surface area is 98.4 Å². The SMILES string of the molecule is CCC(N)c1ccc(N(C)CC2CC2)cc1. The first-order chi connectivity index (χ1) is 7.70. The van der Waals surface area contributed by atoms with Crippen LogP contribution in [0.3, 0.4) is 0 Å². The Morgan fingerprint density at radius 2 is 1.94 bits per heavy atom. The zero-order valence-corrected chi connectivity index (χ0v) is 10.3. The van der Waals surface area contributed by atoms with Gasteiger partial charge in [0.1, 0.15) is 0 Å². The van der Waals surface area contributed by atoms with Crippen LogP contribution in [0, 0.1) is 5.92 Å². The summed E-state index contributed by atoms with van der Waals surface area (Å²) in [6.45, 7) is 3.32. The number of anilines is 1. The quantitative estimate of drug-likeness (QED) is 0.823. The molecule has 2 heteroatoms. The molecule has 0 saturated heterocycles. The Balaban J connectivity index is 1.99. The third-order valence-electron chi connectivity index (χ3n) is 3.43. The zero-order valence-electron chi connectivity index (χ0n) is 10.3. The van der Waals surface area contributed by atoms with Crippen LogP contribution in [0.5, 0.6) is 0 Å². The van der Waals surface area contributed by atoms with E-state index in [1.54, 1.807) is 0 Å². The summed E-state index contributed by atoms with van der Waals surface area (Å²) in [5.74, 6) is 0.933. The minimum Gasteiger partial charge on any atom is -0.374 e. The molecule has 1 unspecified atom stereocenters. The van der Waals surface area contributed by atoms with Crippen LogP contribution in [-0.4, -0.2) is 13.6 Å². The molecule has 0 heterocycles. The van der Waals surface area contributed by atoms with Crippen molar-refractivity contribution in [2.75, 3.05) is 18.5 Å². The lowest BCUT2D eigenvalue weighted by atomic mass is 10.1. The molecular formula is C14H22N2. The first kappa shape index (κ1) is 11.5. The van der Waals surface area contributed by atoms with E-state index in [0.29, 0.717) is 0 Å². The van der Waals surface area contributed by atoms with E-state index in [1.165, 1.54) is 30.6 Å². The third-order valence-corrected chi connectivity index (χ3v) is 3.43. The molecule has 2 rings (SSSR count). The summed E-state index contributed by atoms with van der Waals surface area (Å²) in [6, 6.07) is 8.88. The van der Waals surface area contributed by atoms with Crippen molar-refractivity contribution in [1.29, 1.82) is 0 Å². The summed E-state index contributed by atoms with van der Waals surface area (Å²) in [4.78, 5) is 2.35. The van der Waals surface area contributed by atoms with E-state index in [1.807, 2.05) is 0 Å². The Morgan fingerprint density at radius 3 is 2.44 bits per heavy atom. The fraction of sp³-hybridized carbons (Fsp3) is 0.571. The Kier molecular flexibility index (Phi) is 3.49. The van der Waals surface area contributed by atoms with Crippen molar-refractivity contribution in [3.05, 3.63) is 29.8 Å². The van der Waals surface area contributed by atoms with Gasteiger partial charge in [-0.05, 0) is 42.9 Å². The van der Waals surface area contributed by atoms with E-state index >= 15 is 0 Å². The molecule has 1 aromatic carbocycles. The maximum atomic E-state index is 6.00. The summed E-state index contributed by atoms with van der Waals surface area (Å²) in [6.07, 6.45) is 3.81. The monoisotopic (exact) mass is 218 g/mol. The van der Waals surface area contributed by atoms with E-state index in [4.69, 9.17) is 5.73 Å². The number of nitrogens with two attached hydrogens (primary N) is 1. The van der Waals surface area contributed by atoms with Gasteiger partial charge < -0.3 is 10.6 Å². The van der Waals surface area contributed by atoms with Gasteiger partial charge in [-0.3, -0.25) is 0 Å². The molecule has 0 bridgehead atoms. The van der Waals surface area contributed by atoms with Gasteiger partial charge in [-0.1, -0.05) is 19.1 Å². The van der Waals surface area contributed by atoms with Gasteiger partial charge in [-0.2, -0.15) is 0 Å². The summed E-state index contributed by atoms with van der Waals surface area (Å²) in [5.41, 5.74) is 8.54. The van der Waals surface area contributed by atoms with E-state index in [-0.39, 0.29) is 6.04 Å². The number of hydrogen-bond donors (Lipinski definition) is 1. The molecule has 0 aliphatic heterocycles. The van der Waals surface area contributed by atoms with Crippen LogP contribution in [0.2, 0.25) is 0 Å². The molecule has 88 valence electrons. The molecule has 2 nitrogen and oxygen atoms in total. The van der Waals surface area contributed by atoms with Gasteiger partial charge >= 0.3 is 0 Å². The van der Waals surface area contributed by atoms with Crippen molar-refractivity contribution in [2.24, 2.45) is 11.7 Å². The zero-order chi connectivity index (χ0) is 11.5. The predicted molar refractivity (Wildman–Crippen MR) is 69.7 cm³/mol. The van der Waals surface area contributed by atoms with Crippen molar-refractivity contribution in [1.82, 2.24) is 0 Å². The molecule has 1 aliphatic carbocycles. The van der Waals surface area contributed by atoms with Crippen molar-refractivity contribution in [3.8, 4) is 0 Å². The van der Waals surface area contributed by atoms with Gasteiger partial charge in [0.05, 0.1) is 0 Å². The highest BCUT2D eigenvalue weighted by Crippen LogP contribution is 2.31. The molecule has 2 N–H and O–H groups in total. The number of nitrogens with zero attached hydrogens (tertiary/aromatic N) is 1. The standard InChI is InChI=1S/C14H22N2/c1-3-14(15)12-6-8-13(9-7-12)16(2)10-11-4-5-11/h6-9,11,14H,3-5,10,15H2,1-2H3. The highest BCUT2D eigenvalue weighted by molar-refractivity contribution is 5.47. The lowest BCUT2D eigenvalue weighted by Crippen LogP contribution is -2.20. The number of hydrogen-bond acceptors (Lipinski definition) is 2. The smallest absolute Gasteiger partial charge is 0.0363 e. The molecule has 1 aliphatic rings. The first-order valence-electron chi connectivity index (χ1n) is 6.27. The average molecular weight is 218 g/mol. The third kappa shape index (κ3) is 2.76. The van der Waals surface area contributed by atoms with E-state index in [0.717, 1.165) is 12.3 Å². The normalized spacial score (nSPS) is 17.2. The Bertz CT molecular complexity index is 327.